The standard InChI is InChI=1S/C18H15ClFN3O/c19-14-6-7-17(20)16(10-14)18(24)21-9-8-13-11-22-23(12-13)15-4-2-1-3-5-15/h1-7,10-12H,8-9H2,(H,21,24). The number of aromatic nitrogens is 2. The second-order valence-electron chi connectivity index (χ2n) is 5.26. The number of amides is 1. The lowest BCUT2D eigenvalue weighted by atomic mass is 10.2. The zero-order valence-electron chi connectivity index (χ0n) is 12.7. The lowest BCUT2D eigenvalue weighted by Gasteiger charge is -2.05. The molecule has 1 amide bonds. The molecule has 1 N–H and O–H groups in total. The van der Waals surface area contributed by atoms with Gasteiger partial charge in [0, 0.05) is 17.8 Å². The van der Waals surface area contributed by atoms with Gasteiger partial charge >= 0.3 is 0 Å². The van der Waals surface area contributed by atoms with Crippen LogP contribution in [0.1, 0.15) is 15.9 Å². The molecule has 0 aliphatic carbocycles. The van der Waals surface area contributed by atoms with Crippen LogP contribution in [0.5, 0.6) is 0 Å². The van der Waals surface area contributed by atoms with Crippen LogP contribution in [0.2, 0.25) is 5.02 Å². The van der Waals surface area contributed by atoms with Gasteiger partial charge in [0.25, 0.3) is 5.91 Å². The van der Waals surface area contributed by atoms with Crippen molar-refractivity contribution >= 4 is 17.5 Å². The van der Waals surface area contributed by atoms with Crippen molar-refractivity contribution in [2.24, 2.45) is 0 Å². The summed E-state index contributed by atoms with van der Waals surface area (Å²) in [6, 6.07) is 13.7. The Kier molecular flexibility index (Phi) is 4.91. The molecule has 3 aromatic rings. The number of rotatable bonds is 5. The lowest BCUT2D eigenvalue weighted by Crippen LogP contribution is -2.26. The smallest absolute Gasteiger partial charge is 0.254 e. The predicted octanol–water partition coefficient (Wildman–Crippen LogP) is 3.64. The average molecular weight is 344 g/mol. The topological polar surface area (TPSA) is 46.9 Å². The number of carbonyl (C=O) groups is 1. The Morgan fingerprint density at radius 1 is 1.21 bits per heavy atom. The highest BCUT2D eigenvalue weighted by Gasteiger charge is 2.12. The molecule has 0 spiro atoms. The SMILES string of the molecule is O=C(NCCc1cnn(-c2ccccc2)c1)c1cc(Cl)ccc1F. The maximum Gasteiger partial charge on any atom is 0.254 e. The Balaban J connectivity index is 1.58. The molecule has 0 radical (unpaired) electrons. The van der Waals surface area contributed by atoms with Gasteiger partial charge in [0.15, 0.2) is 0 Å². The minimum Gasteiger partial charge on any atom is -0.352 e. The minimum absolute atomic E-state index is 0.0533. The molecule has 1 aromatic heterocycles. The molecule has 0 atom stereocenters. The largest absolute Gasteiger partial charge is 0.352 e. The monoisotopic (exact) mass is 343 g/mol. The number of hydrogen-bond acceptors (Lipinski definition) is 2. The van der Waals surface area contributed by atoms with E-state index in [1.54, 1.807) is 10.9 Å². The van der Waals surface area contributed by atoms with Crippen molar-refractivity contribution in [1.29, 1.82) is 0 Å². The maximum atomic E-state index is 13.6. The van der Waals surface area contributed by atoms with Crippen LogP contribution in [-0.4, -0.2) is 22.2 Å². The zero-order chi connectivity index (χ0) is 16.9. The molecule has 1 heterocycles. The number of benzene rings is 2. The number of halogens is 2. The van der Waals surface area contributed by atoms with Gasteiger partial charge < -0.3 is 5.32 Å². The second kappa shape index (κ2) is 7.27. The summed E-state index contributed by atoms with van der Waals surface area (Å²) in [5, 5.41) is 7.31. The third-order valence-electron chi connectivity index (χ3n) is 3.53. The van der Waals surface area contributed by atoms with Crippen molar-refractivity contribution in [3.8, 4) is 5.69 Å². The van der Waals surface area contributed by atoms with Gasteiger partial charge in [-0.2, -0.15) is 5.10 Å². The van der Waals surface area contributed by atoms with Crippen LogP contribution >= 0.6 is 11.6 Å². The molecule has 24 heavy (non-hydrogen) atoms. The van der Waals surface area contributed by atoms with Crippen LogP contribution in [0.4, 0.5) is 4.39 Å². The van der Waals surface area contributed by atoms with E-state index < -0.39 is 11.7 Å². The van der Waals surface area contributed by atoms with Gasteiger partial charge in [-0.05, 0) is 42.3 Å². The van der Waals surface area contributed by atoms with Gasteiger partial charge in [-0.25, -0.2) is 9.07 Å². The fourth-order valence-corrected chi connectivity index (χ4v) is 2.47. The number of carbonyl (C=O) groups excluding carboxylic acids is 1. The van der Waals surface area contributed by atoms with E-state index in [1.165, 1.54) is 18.2 Å². The van der Waals surface area contributed by atoms with Crippen molar-refractivity contribution in [3.05, 3.63) is 82.9 Å². The first-order valence-corrected chi connectivity index (χ1v) is 7.83. The van der Waals surface area contributed by atoms with E-state index in [1.807, 2.05) is 36.5 Å². The van der Waals surface area contributed by atoms with Crippen LogP contribution in [0.3, 0.4) is 0 Å². The first-order chi connectivity index (χ1) is 11.6. The quantitative estimate of drug-likeness (QED) is 0.769. The average Bonchev–Trinajstić information content (AvgIpc) is 3.06. The lowest BCUT2D eigenvalue weighted by molar-refractivity contribution is 0.0950. The molecule has 0 bridgehead atoms. The van der Waals surface area contributed by atoms with Crippen LogP contribution < -0.4 is 5.32 Å². The van der Waals surface area contributed by atoms with Crippen LogP contribution in [0.15, 0.2) is 60.9 Å². The van der Waals surface area contributed by atoms with Gasteiger partial charge in [-0.3, -0.25) is 4.79 Å². The summed E-state index contributed by atoms with van der Waals surface area (Å²) in [5.41, 5.74) is 1.89. The summed E-state index contributed by atoms with van der Waals surface area (Å²) in [4.78, 5) is 12.0. The van der Waals surface area contributed by atoms with Crippen molar-refractivity contribution < 1.29 is 9.18 Å². The highest BCUT2D eigenvalue weighted by Crippen LogP contribution is 2.14. The fraction of sp³-hybridized carbons (Fsp3) is 0.111. The number of hydrogen-bond donors (Lipinski definition) is 1. The molecule has 0 unspecified atom stereocenters. The molecule has 0 aliphatic heterocycles. The van der Waals surface area contributed by atoms with Crippen LogP contribution in [-0.2, 0) is 6.42 Å². The summed E-state index contributed by atoms with van der Waals surface area (Å²) in [6.45, 7) is 0.380. The fourth-order valence-electron chi connectivity index (χ4n) is 2.30. The zero-order valence-corrected chi connectivity index (χ0v) is 13.5. The summed E-state index contributed by atoms with van der Waals surface area (Å²) in [6.07, 6.45) is 4.25. The van der Waals surface area contributed by atoms with Gasteiger partial charge in [0.05, 0.1) is 17.4 Å². The molecule has 0 saturated carbocycles. The van der Waals surface area contributed by atoms with Crippen LogP contribution in [0.25, 0.3) is 5.69 Å². The normalized spacial score (nSPS) is 10.6. The molecule has 3 rings (SSSR count). The van der Waals surface area contributed by atoms with E-state index in [0.717, 1.165) is 11.3 Å². The second-order valence-corrected chi connectivity index (χ2v) is 5.70. The summed E-state index contributed by atoms with van der Waals surface area (Å²) >= 11 is 5.79. The Hall–Kier alpha value is -2.66. The van der Waals surface area contributed by atoms with Gasteiger partial charge in [0.2, 0.25) is 0 Å². The number of para-hydroxylation sites is 1. The third-order valence-corrected chi connectivity index (χ3v) is 3.76. The van der Waals surface area contributed by atoms with Gasteiger partial charge in [-0.15, -0.1) is 0 Å². The summed E-state index contributed by atoms with van der Waals surface area (Å²) in [7, 11) is 0. The minimum atomic E-state index is -0.589. The summed E-state index contributed by atoms with van der Waals surface area (Å²) < 4.78 is 15.4. The van der Waals surface area contributed by atoms with Crippen molar-refractivity contribution in [2.75, 3.05) is 6.54 Å². The maximum absolute atomic E-state index is 13.6. The molecule has 0 saturated heterocycles. The van der Waals surface area contributed by atoms with Crippen molar-refractivity contribution in [2.45, 2.75) is 6.42 Å². The van der Waals surface area contributed by atoms with Crippen molar-refractivity contribution in [1.82, 2.24) is 15.1 Å². The molecule has 0 aliphatic rings. The molecule has 4 nitrogen and oxygen atoms in total. The number of nitrogens with one attached hydrogen (secondary N) is 1. The van der Waals surface area contributed by atoms with E-state index in [9.17, 15) is 9.18 Å². The van der Waals surface area contributed by atoms with Gasteiger partial charge in [0.1, 0.15) is 5.82 Å². The third kappa shape index (κ3) is 3.81. The highest BCUT2D eigenvalue weighted by atomic mass is 35.5. The Bertz CT molecular complexity index is 848. The predicted molar refractivity (Wildman–Crippen MR) is 91.0 cm³/mol. The van der Waals surface area contributed by atoms with E-state index in [2.05, 4.69) is 10.4 Å². The Morgan fingerprint density at radius 3 is 2.79 bits per heavy atom. The molecule has 0 fully saturated rings. The molecular weight excluding hydrogens is 329 g/mol. The molecule has 2 aromatic carbocycles. The van der Waals surface area contributed by atoms with E-state index in [0.29, 0.717) is 18.0 Å². The first kappa shape index (κ1) is 16.2. The molecule has 6 heteroatoms. The Morgan fingerprint density at radius 2 is 2.00 bits per heavy atom. The first-order valence-electron chi connectivity index (χ1n) is 7.46. The van der Waals surface area contributed by atoms with E-state index >= 15 is 0 Å². The van der Waals surface area contributed by atoms with E-state index in [4.69, 9.17) is 11.6 Å². The Labute approximate surface area is 143 Å². The van der Waals surface area contributed by atoms with Crippen molar-refractivity contribution in [3.63, 3.8) is 0 Å². The van der Waals surface area contributed by atoms with E-state index in [-0.39, 0.29) is 5.56 Å². The van der Waals surface area contributed by atoms with Gasteiger partial charge in [-0.1, -0.05) is 29.8 Å². The highest BCUT2D eigenvalue weighted by molar-refractivity contribution is 6.31. The molecular formula is C18H15ClFN3O. The molecule has 122 valence electrons. The number of nitrogens with zero attached hydrogens (tertiary/aromatic N) is 2. The van der Waals surface area contributed by atoms with Crippen LogP contribution in [0, 0.1) is 5.82 Å². The summed E-state index contributed by atoms with van der Waals surface area (Å²) in [5.74, 6) is -1.07.